The second-order valence-electron chi connectivity index (χ2n) is 5.82. The van der Waals surface area contributed by atoms with Crippen LogP contribution >= 0.6 is 0 Å². The van der Waals surface area contributed by atoms with E-state index in [0.717, 1.165) is 32.4 Å². The number of nitrogens with zero attached hydrogens (tertiary/aromatic N) is 1. The lowest BCUT2D eigenvalue weighted by Crippen LogP contribution is -2.62. The molecule has 1 heterocycles. The van der Waals surface area contributed by atoms with Gasteiger partial charge < -0.3 is 5.11 Å². The molecular formula is C16H21NO2. The SMILES string of the molecule is O=C1CCN(Cc2ccccc2)C2CCCC[C@]12O. The highest BCUT2D eigenvalue weighted by Gasteiger charge is 2.50. The van der Waals surface area contributed by atoms with Gasteiger partial charge in [-0.25, -0.2) is 0 Å². The van der Waals surface area contributed by atoms with Crippen molar-refractivity contribution in [3.63, 3.8) is 0 Å². The number of aliphatic hydroxyl groups is 1. The standard InChI is InChI=1S/C16H21NO2/c18-15-9-11-17(12-13-6-2-1-3-7-13)14-8-4-5-10-16(14,15)19/h1-3,6-7,14,19H,4-5,8-12H2/t14?,16-/m1/s1. The molecule has 1 aliphatic carbocycles. The number of carbonyl (C=O) groups excluding carboxylic acids is 1. The summed E-state index contributed by atoms with van der Waals surface area (Å²) < 4.78 is 0. The monoisotopic (exact) mass is 259 g/mol. The third-order valence-corrected chi connectivity index (χ3v) is 4.61. The van der Waals surface area contributed by atoms with Crippen molar-refractivity contribution in [3.8, 4) is 0 Å². The Balaban J connectivity index is 1.80. The molecule has 0 amide bonds. The molecule has 3 heteroatoms. The average Bonchev–Trinajstić information content (AvgIpc) is 2.44. The van der Waals surface area contributed by atoms with Crippen LogP contribution in [0.2, 0.25) is 0 Å². The molecule has 1 aromatic rings. The number of hydrogen-bond acceptors (Lipinski definition) is 3. The van der Waals surface area contributed by atoms with Crippen LogP contribution in [0.1, 0.15) is 37.7 Å². The fraction of sp³-hybridized carbons (Fsp3) is 0.562. The van der Waals surface area contributed by atoms with E-state index in [2.05, 4.69) is 17.0 Å². The zero-order valence-electron chi connectivity index (χ0n) is 11.2. The Labute approximate surface area is 114 Å². The van der Waals surface area contributed by atoms with E-state index in [4.69, 9.17) is 0 Å². The van der Waals surface area contributed by atoms with Crippen LogP contribution < -0.4 is 0 Å². The highest BCUT2D eigenvalue weighted by Crippen LogP contribution is 2.37. The van der Waals surface area contributed by atoms with Crippen LogP contribution in [0, 0.1) is 0 Å². The number of Topliss-reactive ketones (excluding diaryl/α,β-unsaturated/α-hetero) is 1. The summed E-state index contributed by atoms with van der Waals surface area (Å²) in [7, 11) is 0. The molecule has 2 atom stereocenters. The Morgan fingerprint density at radius 3 is 2.84 bits per heavy atom. The lowest BCUT2D eigenvalue weighted by atomic mass is 9.73. The van der Waals surface area contributed by atoms with Crippen molar-refractivity contribution in [1.29, 1.82) is 0 Å². The summed E-state index contributed by atoms with van der Waals surface area (Å²) in [4.78, 5) is 14.4. The van der Waals surface area contributed by atoms with E-state index in [1.807, 2.05) is 18.2 Å². The molecule has 3 rings (SSSR count). The number of hydrogen-bond donors (Lipinski definition) is 1. The normalized spacial score (nSPS) is 32.1. The van der Waals surface area contributed by atoms with E-state index in [-0.39, 0.29) is 11.8 Å². The molecule has 0 bridgehead atoms. The second kappa shape index (κ2) is 5.06. The predicted octanol–water partition coefficient (Wildman–Crippen LogP) is 2.14. The highest BCUT2D eigenvalue weighted by atomic mass is 16.3. The van der Waals surface area contributed by atoms with Gasteiger partial charge in [0.1, 0.15) is 5.60 Å². The number of carbonyl (C=O) groups is 1. The van der Waals surface area contributed by atoms with E-state index in [9.17, 15) is 9.90 Å². The molecule has 0 radical (unpaired) electrons. The number of benzene rings is 1. The fourth-order valence-corrected chi connectivity index (χ4v) is 3.57. The average molecular weight is 259 g/mol. The summed E-state index contributed by atoms with van der Waals surface area (Å²) in [6, 6.07) is 10.3. The van der Waals surface area contributed by atoms with Crippen LogP contribution in [0.15, 0.2) is 30.3 Å². The Morgan fingerprint density at radius 1 is 1.26 bits per heavy atom. The number of ketones is 1. The maximum atomic E-state index is 12.1. The minimum absolute atomic E-state index is 0.0164. The molecule has 0 spiro atoms. The number of fused-ring (bicyclic) bond motifs is 1. The van der Waals surface area contributed by atoms with Gasteiger partial charge in [-0.3, -0.25) is 9.69 Å². The van der Waals surface area contributed by atoms with Gasteiger partial charge in [0.25, 0.3) is 0 Å². The molecule has 2 fully saturated rings. The Morgan fingerprint density at radius 2 is 2.05 bits per heavy atom. The van der Waals surface area contributed by atoms with E-state index < -0.39 is 5.60 Å². The van der Waals surface area contributed by atoms with Gasteiger partial charge in [-0.1, -0.05) is 36.8 Å². The van der Waals surface area contributed by atoms with Crippen molar-refractivity contribution in [2.75, 3.05) is 6.54 Å². The van der Waals surface area contributed by atoms with Crippen molar-refractivity contribution in [2.45, 2.75) is 50.3 Å². The molecule has 1 aromatic carbocycles. The van der Waals surface area contributed by atoms with Gasteiger partial charge in [0.05, 0.1) is 0 Å². The minimum atomic E-state index is -1.08. The molecule has 1 aliphatic heterocycles. The summed E-state index contributed by atoms with van der Waals surface area (Å²) in [5.74, 6) is 0.0570. The summed E-state index contributed by atoms with van der Waals surface area (Å²) in [5, 5.41) is 10.7. The minimum Gasteiger partial charge on any atom is -0.380 e. The molecule has 1 saturated carbocycles. The Hall–Kier alpha value is -1.19. The van der Waals surface area contributed by atoms with Crippen LogP contribution in [0.5, 0.6) is 0 Å². The van der Waals surface area contributed by atoms with Crippen molar-refractivity contribution in [3.05, 3.63) is 35.9 Å². The van der Waals surface area contributed by atoms with Gasteiger partial charge >= 0.3 is 0 Å². The van der Waals surface area contributed by atoms with Gasteiger partial charge in [-0.15, -0.1) is 0 Å². The lowest BCUT2D eigenvalue weighted by molar-refractivity contribution is -0.159. The first-order chi connectivity index (χ1) is 9.20. The summed E-state index contributed by atoms with van der Waals surface area (Å²) in [6.45, 7) is 1.61. The zero-order chi connectivity index (χ0) is 13.3. The molecule has 2 aliphatic rings. The third kappa shape index (κ3) is 2.33. The highest BCUT2D eigenvalue weighted by molar-refractivity contribution is 5.89. The maximum absolute atomic E-state index is 12.1. The van der Waals surface area contributed by atoms with Gasteiger partial charge in [-0.2, -0.15) is 0 Å². The Bertz CT molecular complexity index is 459. The Kier molecular flexibility index (Phi) is 3.42. The molecule has 3 nitrogen and oxygen atoms in total. The maximum Gasteiger partial charge on any atom is 0.167 e. The van der Waals surface area contributed by atoms with E-state index in [1.54, 1.807) is 0 Å². The smallest absolute Gasteiger partial charge is 0.167 e. The van der Waals surface area contributed by atoms with Crippen molar-refractivity contribution in [1.82, 2.24) is 4.90 Å². The van der Waals surface area contributed by atoms with Crippen LogP contribution in [0.3, 0.4) is 0 Å². The van der Waals surface area contributed by atoms with Crippen LogP contribution in [0.25, 0.3) is 0 Å². The summed E-state index contributed by atoms with van der Waals surface area (Å²) in [5.41, 5.74) is 0.176. The van der Waals surface area contributed by atoms with Crippen LogP contribution in [0.4, 0.5) is 0 Å². The second-order valence-corrected chi connectivity index (χ2v) is 5.82. The van der Waals surface area contributed by atoms with Gasteiger partial charge in [0, 0.05) is 25.6 Å². The van der Waals surface area contributed by atoms with Gasteiger partial charge in [0.15, 0.2) is 5.78 Å². The van der Waals surface area contributed by atoms with Crippen molar-refractivity contribution >= 4 is 5.78 Å². The van der Waals surface area contributed by atoms with Crippen molar-refractivity contribution in [2.24, 2.45) is 0 Å². The topological polar surface area (TPSA) is 40.5 Å². The van der Waals surface area contributed by atoms with Crippen molar-refractivity contribution < 1.29 is 9.90 Å². The molecular weight excluding hydrogens is 238 g/mol. The first-order valence-electron chi connectivity index (χ1n) is 7.24. The predicted molar refractivity (Wildman–Crippen MR) is 73.7 cm³/mol. The molecule has 19 heavy (non-hydrogen) atoms. The first kappa shape index (κ1) is 12.8. The van der Waals surface area contributed by atoms with Crippen LogP contribution in [-0.2, 0) is 11.3 Å². The molecule has 1 unspecified atom stereocenters. The number of rotatable bonds is 2. The van der Waals surface area contributed by atoms with Gasteiger partial charge in [-0.05, 0) is 24.8 Å². The van der Waals surface area contributed by atoms with E-state index in [0.29, 0.717) is 12.8 Å². The largest absolute Gasteiger partial charge is 0.380 e. The summed E-state index contributed by atoms with van der Waals surface area (Å²) in [6.07, 6.45) is 4.15. The van der Waals surface area contributed by atoms with Crippen LogP contribution in [-0.4, -0.2) is 34.0 Å². The zero-order valence-corrected chi connectivity index (χ0v) is 11.2. The molecule has 102 valence electrons. The molecule has 0 aromatic heterocycles. The number of likely N-dealkylation sites (tertiary alicyclic amines) is 1. The quantitative estimate of drug-likeness (QED) is 0.884. The fourth-order valence-electron chi connectivity index (χ4n) is 3.57. The lowest BCUT2D eigenvalue weighted by Gasteiger charge is -2.48. The number of piperidine rings is 1. The molecule has 1 N–H and O–H groups in total. The van der Waals surface area contributed by atoms with E-state index >= 15 is 0 Å². The van der Waals surface area contributed by atoms with E-state index in [1.165, 1.54) is 5.56 Å². The van der Waals surface area contributed by atoms with Gasteiger partial charge in [0.2, 0.25) is 0 Å². The third-order valence-electron chi connectivity index (χ3n) is 4.61. The first-order valence-corrected chi connectivity index (χ1v) is 7.24. The molecule has 1 saturated heterocycles. The summed E-state index contributed by atoms with van der Waals surface area (Å²) >= 11 is 0.